The molecule has 0 radical (unpaired) electrons. The third-order valence-corrected chi connectivity index (χ3v) is 5.67. The molecular formula is C24H32N2O6. The van der Waals surface area contributed by atoms with Gasteiger partial charge in [0.1, 0.15) is 18.1 Å². The molecule has 1 unspecified atom stereocenters. The number of hydrogen-bond donors (Lipinski definition) is 1. The molecule has 1 N–H and O–H groups in total. The van der Waals surface area contributed by atoms with Crippen LogP contribution in [0.15, 0.2) is 24.3 Å². The highest BCUT2D eigenvalue weighted by Crippen LogP contribution is 2.25. The minimum Gasteiger partial charge on any atom is -0.496 e. The first kappa shape index (κ1) is 23.8. The van der Waals surface area contributed by atoms with Gasteiger partial charge in [-0.05, 0) is 38.3 Å². The van der Waals surface area contributed by atoms with Gasteiger partial charge >= 0.3 is 5.97 Å². The molecule has 1 aliphatic heterocycles. The fourth-order valence-corrected chi connectivity index (χ4v) is 4.01. The highest BCUT2D eigenvalue weighted by Gasteiger charge is 2.29. The Balaban J connectivity index is 1.87. The van der Waals surface area contributed by atoms with Crippen molar-refractivity contribution < 1.29 is 28.5 Å². The Kier molecular flexibility index (Phi) is 8.30. The Labute approximate surface area is 188 Å². The molecule has 0 saturated carbocycles. The third-order valence-electron chi connectivity index (χ3n) is 5.67. The summed E-state index contributed by atoms with van der Waals surface area (Å²) in [6, 6.07) is 7.64. The van der Waals surface area contributed by atoms with Gasteiger partial charge in [0, 0.05) is 38.1 Å². The van der Waals surface area contributed by atoms with Gasteiger partial charge in [-0.15, -0.1) is 0 Å². The molecule has 0 aliphatic carbocycles. The normalized spacial score (nSPS) is 15.6. The maximum absolute atomic E-state index is 13.6. The van der Waals surface area contributed by atoms with E-state index in [1.807, 2.05) is 24.3 Å². The van der Waals surface area contributed by atoms with E-state index in [1.165, 1.54) is 0 Å². The van der Waals surface area contributed by atoms with Crippen LogP contribution in [0, 0.1) is 13.8 Å². The first-order valence-corrected chi connectivity index (χ1v) is 10.8. The van der Waals surface area contributed by atoms with Crippen LogP contribution in [-0.2, 0) is 20.8 Å². The van der Waals surface area contributed by atoms with Crippen LogP contribution in [0.3, 0.4) is 0 Å². The van der Waals surface area contributed by atoms with Crippen molar-refractivity contribution in [1.82, 2.24) is 9.88 Å². The number of H-pyrrole nitrogens is 1. The van der Waals surface area contributed by atoms with Crippen LogP contribution in [0.25, 0.3) is 0 Å². The fraction of sp³-hybridized carbons (Fsp3) is 0.500. The SMILES string of the molecule is COCCOC(=O)c1c(C)[nH]c(C(=O)N(Cc2ccccc2OC)CC2CCCO2)c1C. The number of carbonyl (C=O) groups excluding carboxylic acids is 2. The highest BCUT2D eigenvalue weighted by atomic mass is 16.6. The second-order valence-corrected chi connectivity index (χ2v) is 7.89. The lowest BCUT2D eigenvalue weighted by Gasteiger charge is -2.26. The zero-order chi connectivity index (χ0) is 23.1. The molecule has 1 amide bonds. The molecule has 2 heterocycles. The number of aromatic amines is 1. The van der Waals surface area contributed by atoms with E-state index in [4.69, 9.17) is 18.9 Å². The summed E-state index contributed by atoms with van der Waals surface area (Å²) in [5.74, 6) is 0.0603. The van der Waals surface area contributed by atoms with Gasteiger partial charge in [-0.25, -0.2) is 4.79 Å². The van der Waals surface area contributed by atoms with Crippen molar-refractivity contribution in [2.75, 3.05) is 40.6 Å². The van der Waals surface area contributed by atoms with E-state index >= 15 is 0 Å². The Morgan fingerprint density at radius 3 is 2.66 bits per heavy atom. The van der Waals surface area contributed by atoms with Crippen LogP contribution in [0.4, 0.5) is 0 Å². The number of esters is 1. The minimum absolute atomic E-state index is 0.0106. The van der Waals surface area contributed by atoms with Crippen molar-refractivity contribution in [3.63, 3.8) is 0 Å². The average molecular weight is 445 g/mol. The summed E-state index contributed by atoms with van der Waals surface area (Å²) in [6.07, 6.45) is 1.89. The average Bonchev–Trinajstić information content (AvgIpc) is 3.40. The molecule has 1 aromatic heterocycles. The Bertz CT molecular complexity index is 933. The third kappa shape index (κ3) is 5.49. The van der Waals surface area contributed by atoms with Crippen molar-refractivity contribution in [2.45, 2.75) is 39.3 Å². The predicted molar refractivity (Wildman–Crippen MR) is 119 cm³/mol. The molecule has 32 heavy (non-hydrogen) atoms. The van der Waals surface area contributed by atoms with Crippen LogP contribution in [0.1, 0.15) is 50.5 Å². The molecular weight excluding hydrogens is 412 g/mol. The lowest BCUT2D eigenvalue weighted by molar-refractivity contribution is 0.0386. The molecule has 1 saturated heterocycles. The molecule has 3 rings (SSSR count). The van der Waals surface area contributed by atoms with Gasteiger partial charge < -0.3 is 28.8 Å². The molecule has 1 fully saturated rings. The minimum atomic E-state index is -0.470. The van der Waals surface area contributed by atoms with Crippen LogP contribution in [-0.4, -0.2) is 68.4 Å². The summed E-state index contributed by atoms with van der Waals surface area (Å²) >= 11 is 0. The van der Waals surface area contributed by atoms with Crippen molar-refractivity contribution >= 4 is 11.9 Å². The molecule has 1 aromatic carbocycles. The zero-order valence-electron chi connectivity index (χ0n) is 19.2. The Hall–Kier alpha value is -2.84. The van der Waals surface area contributed by atoms with Gasteiger partial charge in [-0.2, -0.15) is 0 Å². The van der Waals surface area contributed by atoms with Gasteiger partial charge in [-0.3, -0.25) is 4.79 Å². The number of aryl methyl sites for hydroxylation is 1. The quantitative estimate of drug-likeness (QED) is 0.447. The van der Waals surface area contributed by atoms with Crippen molar-refractivity contribution in [3.8, 4) is 5.75 Å². The first-order valence-electron chi connectivity index (χ1n) is 10.8. The lowest BCUT2D eigenvalue weighted by atomic mass is 10.1. The summed E-state index contributed by atoms with van der Waals surface area (Å²) in [4.78, 5) is 31.1. The molecule has 1 aliphatic rings. The Morgan fingerprint density at radius 1 is 1.19 bits per heavy atom. The second kappa shape index (κ2) is 11.2. The highest BCUT2D eigenvalue weighted by molar-refractivity contribution is 6.00. The molecule has 8 heteroatoms. The van der Waals surface area contributed by atoms with Crippen LogP contribution in [0.2, 0.25) is 0 Å². The number of benzene rings is 1. The van der Waals surface area contributed by atoms with Gasteiger partial charge in [0.15, 0.2) is 0 Å². The number of methoxy groups -OCH3 is 2. The monoisotopic (exact) mass is 444 g/mol. The number of nitrogens with zero attached hydrogens (tertiary/aromatic N) is 1. The number of para-hydroxylation sites is 1. The van der Waals surface area contributed by atoms with Crippen LogP contribution < -0.4 is 4.74 Å². The van der Waals surface area contributed by atoms with E-state index in [2.05, 4.69) is 4.98 Å². The number of aromatic nitrogens is 1. The topological polar surface area (TPSA) is 90.1 Å². The summed E-state index contributed by atoms with van der Waals surface area (Å²) in [6.45, 7) is 5.53. The largest absolute Gasteiger partial charge is 0.496 e. The first-order chi connectivity index (χ1) is 15.5. The van der Waals surface area contributed by atoms with Crippen LogP contribution in [0.5, 0.6) is 5.75 Å². The molecule has 174 valence electrons. The smallest absolute Gasteiger partial charge is 0.340 e. The summed E-state index contributed by atoms with van der Waals surface area (Å²) in [7, 11) is 3.16. The fourth-order valence-electron chi connectivity index (χ4n) is 4.01. The number of amides is 1. The van der Waals surface area contributed by atoms with E-state index in [-0.39, 0.29) is 18.6 Å². The molecule has 1 atom stereocenters. The second-order valence-electron chi connectivity index (χ2n) is 7.89. The van der Waals surface area contributed by atoms with Gasteiger partial charge in [0.2, 0.25) is 0 Å². The molecule has 0 bridgehead atoms. The molecule has 0 spiro atoms. The van der Waals surface area contributed by atoms with Crippen molar-refractivity contribution in [1.29, 1.82) is 0 Å². The maximum Gasteiger partial charge on any atom is 0.340 e. The number of rotatable bonds is 10. The maximum atomic E-state index is 13.6. The van der Waals surface area contributed by atoms with E-state index < -0.39 is 5.97 Å². The van der Waals surface area contributed by atoms with Crippen molar-refractivity contribution in [3.05, 3.63) is 52.3 Å². The zero-order valence-corrected chi connectivity index (χ0v) is 19.2. The van der Waals surface area contributed by atoms with Crippen LogP contribution >= 0.6 is 0 Å². The van der Waals surface area contributed by atoms with E-state index in [9.17, 15) is 9.59 Å². The standard InChI is InChI=1S/C24H32N2O6/c1-16-21(24(28)32-13-12-29-3)17(2)25-22(16)23(27)26(15-19-9-7-11-31-19)14-18-8-5-6-10-20(18)30-4/h5-6,8,10,19,25H,7,9,11-15H2,1-4H3. The van der Waals surface area contributed by atoms with E-state index in [0.717, 1.165) is 24.2 Å². The number of hydrogen-bond acceptors (Lipinski definition) is 6. The molecule has 8 nitrogen and oxygen atoms in total. The van der Waals surface area contributed by atoms with Gasteiger partial charge in [-0.1, -0.05) is 18.2 Å². The summed E-state index contributed by atoms with van der Waals surface area (Å²) in [5, 5.41) is 0. The van der Waals surface area contributed by atoms with E-state index in [0.29, 0.717) is 48.8 Å². The van der Waals surface area contributed by atoms with E-state index in [1.54, 1.807) is 33.0 Å². The number of carbonyl (C=O) groups is 2. The Morgan fingerprint density at radius 2 is 1.97 bits per heavy atom. The predicted octanol–water partition coefficient (Wildman–Crippen LogP) is 3.26. The lowest BCUT2D eigenvalue weighted by Crippen LogP contribution is -2.37. The summed E-state index contributed by atoms with van der Waals surface area (Å²) in [5.41, 5.74) is 2.85. The van der Waals surface area contributed by atoms with Gasteiger partial charge in [0.05, 0.1) is 25.4 Å². The summed E-state index contributed by atoms with van der Waals surface area (Å²) < 4.78 is 21.5. The van der Waals surface area contributed by atoms with Gasteiger partial charge in [0.25, 0.3) is 5.91 Å². The van der Waals surface area contributed by atoms with Crippen molar-refractivity contribution in [2.24, 2.45) is 0 Å². The number of ether oxygens (including phenoxy) is 4. The molecule has 2 aromatic rings. The number of nitrogens with one attached hydrogen (secondary N) is 1.